The number of carbonyl (C=O) groups is 1. The van der Waals surface area contributed by atoms with Gasteiger partial charge in [-0.2, -0.15) is 0 Å². The maximum absolute atomic E-state index is 13.6. The predicted octanol–water partition coefficient (Wildman–Crippen LogP) is 4.14. The van der Waals surface area contributed by atoms with Crippen LogP contribution in [0.3, 0.4) is 0 Å². The van der Waals surface area contributed by atoms with Gasteiger partial charge in [0.2, 0.25) is 0 Å². The third kappa shape index (κ3) is 4.61. The normalized spacial score (nSPS) is 15.0. The number of amides is 1. The van der Waals surface area contributed by atoms with E-state index in [4.69, 9.17) is 4.74 Å². The number of nitrogens with zero attached hydrogens (tertiary/aromatic N) is 3. The van der Waals surface area contributed by atoms with Crippen LogP contribution in [0.4, 0.5) is 9.52 Å². The smallest absolute Gasteiger partial charge is 0.261 e. The van der Waals surface area contributed by atoms with Crippen molar-refractivity contribution in [1.29, 1.82) is 0 Å². The van der Waals surface area contributed by atoms with Gasteiger partial charge in [0.15, 0.2) is 5.13 Å². The fourth-order valence-electron chi connectivity index (χ4n) is 3.32. The van der Waals surface area contributed by atoms with Crippen molar-refractivity contribution in [2.75, 3.05) is 50.5 Å². The number of hydrogen-bond acceptors (Lipinski definition) is 6. The summed E-state index contributed by atoms with van der Waals surface area (Å²) in [5.41, 5.74) is 1.36. The zero-order valence-electron chi connectivity index (χ0n) is 16.1. The highest BCUT2D eigenvalue weighted by Crippen LogP contribution is 2.31. The van der Waals surface area contributed by atoms with Gasteiger partial charge < -0.3 is 4.74 Å². The van der Waals surface area contributed by atoms with Gasteiger partial charge in [-0.3, -0.25) is 14.6 Å². The second-order valence-corrected chi connectivity index (χ2v) is 8.58. The monoisotopic (exact) mass is 431 g/mol. The predicted molar refractivity (Wildman–Crippen MR) is 117 cm³/mol. The van der Waals surface area contributed by atoms with Crippen LogP contribution in [0.2, 0.25) is 0 Å². The third-order valence-corrected chi connectivity index (χ3v) is 6.73. The maximum atomic E-state index is 13.6. The molecule has 0 unspecified atom stereocenters. The van der Waals surface area contributed by atoms with Crippen LogP contribution in [0, 0.1) is 5.82 Å². The Morgan fingerprint density at radius 2 is 2.07 bits per heavy atom. The van der Waals surface area contributed by atoms with E-state index in [9.17, 15) is 9.18 Å². The van der Waals surface area contributed by atoms with Crippen LogP contribution in [-0.4, -0.2) is 61.4 Å². The zero-order chi connectivity index (χ0) is 20.2. The highest BCUT2D eigenvalue weighted by molar-refractivity contribution is 7.98. The van der Waals surface area contributed by atoms with E-state index in [0.717, 1.165) is 29.2 Å². The zero-order valence-corrected chi connectivity index (χ0v) is 17.8. The van der Waals surface area contributed by atoms with Crippen molar-refractivity contribution in [2.45, 2.75) is 4.90 Å². The van der Waals surface area contributed by atoms with E-state index in [0.29, 0.717) is 36.0 Å². The molecule has 0 aliphatic carbocycles. The topological polar surface area (TPSA) is 45.7 Å². The molecule has 1 aliphatic heterocycles. The van der Waals surface area contributed by atoms with Crippen LogP contribution >= 0.6 is 23.1 Å². The molecule has 152 valence electrons. The summed E-state index contributed by atoms with van der Waals surface area (Å²) in [7, 11) is 0. The highest BCUT2D eigenvalue weighted by Gasteiger charge is 2.24. The number of halogens is 1. The number of anilines is 1. The highest BCUT2D eigenvalue weighted by atomic mass is 32.2. The molecule has 0 atom stereocenters. The maximum Gasteiger partial charge on any atom is 0.261 e. The summed E-state index contributed by atoms with van der Waals surface area (Å²) >= 11 is 2.90. The van der Waals surface area contributed by atoms with Crippen LogP contribution < -0.4 is 4.90 Å². The van der Waals surface area contributed by atoms with Crippen molar-refractivity contribution in [3.8, 4) is 0 Å². The molecule has 3 aromatic rings. The number of carbonyl (C=O) groups excluding carboxylic acids is 1. The molecule has 8 heteroatoms. The number of aromatic nitrogens is 1. The van der Waals surface area contributed by atoms with E-state index >= 15 is 0 Å². The molecule has 5 nitrogen and oxygen atoms in total. The number of fused-ring (bicyclic) bond motifs is 1. The Bertz CT molecular complexity index is 1000. The second kappa shape index (κ2) is 9.21. The van der Waals surface area contributed by atoms with E-state index in [1.165, 1.54) is 23.5 Å². The summed E-state index contributed by atoms with van der Waals surface area (Å²) in [6.45, 7) is 4.39. The van der Waals surface area contributed by atoms with E-state index in [1.54, 1.807) is 22.7 Å². The fraction of sp³-hybridized carbons (Fsp3) is 0.333. The minimum atomic E-state index is -0.299. The number of rotatable bonds is 6. The first-order chi connectivity index (χ1) is 14.2. The lowest BCUT2D eigenvalue weighted by Crippen LogP contribution is -2.43. The molecule has 1 amide bonds. The minimum absolute atomic E-state index is 0.0808. The Kier molecular flexibility index (Phi) is 6.44. The van der Waals surface area contributed by atoms with E-state index in [1.807, 2.05) is 30.5 Å². The van der Waals surface area contributed by atoms with Gasteiger partial charge in [-0.1, -0.05) is 23.5 Å². The standard InChI is InChI=1S/C21H22FN3O2S2/c1-28-18-5-3-2-4-16(18)20(26)25(9-8-24-10-12-27-13-11-24)21-23-17-7-6-15(22)14-19(17)29-21/h2-7,14H,8-13H2,1H3. The number of hydrogen-bond donors (Lipinski definition) is 0. The third-order valence-electron chi connectivity index (χ3n) is 4.90. The van der Waals surface area contributed by atoms with Gasteiger partial charge in [0, 0.05) is 31.1 Å². The van der Waals surface area contributed by atoms with Crippen molar-refractivity contribution in [3.05, 3.63) is 53.8 Å². The van der Waals surface area contributed by atoms with Crippen molar-refractivity contribution in [1.82, 2.24) is 9.88 Å². The lowest BCUT2D eigenvalue weighted by Gasteiger charge is -2.29. The van der Waals surface area contributed by atoms with E-state index in [-0.39, 0.29) is 11.7 Å². The summed E-state index contributed by atoms with van der Waals surface area (Å²) in [5, 5.41) is 0.597. The Balaban J connectivity index is 1.66. The van der Waals surface area contributed by atoms with Crippen molar-refractivity contribution < 1.29 is 13.9 Å². The summed E-state index contributed by atoms with van der Waals surface area (Å²) in [6.07, 6.45) is 1.96. The first-order valence-corrected chi connectivity index (χ1v) is 11.5. The Morgan fingerprint density at radius 1 is 1.28 bits per heavy atom. The van der Waals surface area contributed by atoms with Gasteiger partial charge in [0.05, 0.1) is 29.0 Å². The van der Waals surface area contributed by atoms with Crippen LogP contribution in [0.5, 0.6) is 0 Å². The van der Waals surface area contributed by atoms with E-state index in [2.05, 4.69) is 9.88 Å². The molecule has 1 fully saturated rings. The molecule has 1 aliphatic rings. The number of morpholine rings is 1. The Labute approximate surface area is 177 Å². The molecule has 2 heterocycles. The lowest BCUT2D eigenvalue weighted by atomic mass is 10.2. The molecule has 4 rings (SSSR count). The van der Waals surface area contributed by atoms with Gasteiger partial charge in [-0.15, -0.1) is 11.8 Å². The molecule has 0 bridgehead atoms. The summed E-state index contributed by atoms with van der Waals surface area (Å²) in [5.74, 6) is -0.380. The Morgan fingerprint density at radius 3 is 2.86 bits per heavy atom. The summed E-state index contributed by atoms with van der Waals surface area (Å²) in [4.78, 5) is 23.1. The number of benzene rings is 2. The van der Waals surface area contributed by atoms with Crippen LogP contribution in [-0.2, 0) is 4.74 Å². The Hall–Kier alpha value is -2.00. The fourth-order valence-corrected chi connectivity index (χ4v) is 4.92. The first-order valence-electron chi connectivity index (χ1n) is 9.47. The summed E-state index contributed by atoms with van der Waals surface area (Å²) in [6, 6.07) is 12.1. The molecule has 2 aromatic carbocycles. The van der Waals surface area contributed by atoms with Crippen molar-refractivity contribution in [3.63, 3.8) is 0 Å². The average molecular weight is 432 g/mol. The number of ether oxygens (including phenoxy) is 1. The molecular weight excluding hydrogens is 409 g/mol. The molecule has 0 saturated carbocycles. The quantitative estimate of drug-likeness (QED) is 0.549. The summed E-state index contributed by atoms with van der Waals surface area (Å²) < 4.78 is 19.8. The van der Waals surface area contributed by atoms with Gasteiger partial charge >= 0.3 is 0 Å². The van der Waals surface area contributed by atoms with Gasteiger partial charge in [-0.25, -0.2) is 9.37 Å². The van der Waals surface area contributed by atoms with Crippen molar-refractivity contribution >= 4 is 44.4 Å². The molecule has 0 spiro atoms. The molecule has 0 radical (unpaired) electrons. The minimum Gasteiger partial charge on any atom is -0.379 e. The second-order valence-electron chi connectivity index (χ2n) is 6.72. The van der Waals surface area contributed by atoms with Gasteiger partial charge in [0.1, 0.15) is 5.82 Å². The molecule has 0 N–H and O–H groups in total. The first kappa shape index (κ1) is 20.3. The molecule has 29 heavy (non-hydrogen) atoms. The average Bonchev–Trinajstić information content (AvgIpc) is 3.17. The van der Waals surface area contributed by atoms with Gasteiger partial charge in [-0.05, 0) is 36.6 Å². The van der Waals surface area contributed by atoms with Crippen LogP contribution in [0.25, 0.3) is 10.2 Å². The largest absolute Gasteiger partial charge is 0.379 e. The van der Waals surface area contributed by atoms with Crippen LogP contribution in [0.15, 0.2) is 47.4 Å². The lowest BCUT2D eigenvalue weighted by molar-refractivity contribution is 0.0391. The SMILES string of the molecule is CSc1ccccc1C(=O)N(CCN1CCOCC1)c1nc2ccc(F)cc2s1. The number of thiazole rings is 1. The molecule has 1 aromatic heterocycles. The number of thioether (sulfide) groups is 1. The van der Waals surface area contributed by atoms with Crippen molar-refractivity contribution in [2.24, 2.45) is 0 Å². The molecular formula is C21H22FN3O2S2. The van der Waals surface area contributed by atoms with E-state index < -0.39 is 0 Å². The van der Waals surface area contributed by atoms with Crippen LogP contribution in [0.1, 0.15) is 10.4 Å². The molecule has 1 saturated heterocycles. The van der Waals surface area contributed by atoms with Gasteiger partial charge in [0.25, 0.3) is 5.91 Å².